The zero-order chi connectivity index (χ0) is 14.0. The van der Waals surface area contributed by atoms with E-state index in [9.17, 15) is 4.79 Å². The second kappa shape index (κ2) is 5.57. The number of nitrogens with zero attached hydrogens (tertiary/aromatic N) is 1. The third-order valence-corrected chi connectivity index (χ3v) is 4.70. The van der Waals surface area contributed by atoms with Crippen molar-refractivity contribution in [1.82, 2.24) is 10.2 Å². The van der Waals surface area contributed by atoms with Gasteiger partial charge in [0, 0.05) is 12.6 Å². The molecule has 3 rings (SSSR count). The van der Waals surface area contributed by atoms with Crippen LogP contribution in [-0.2, 0) is 11.3 Å². The predicted octanol–water partition coefficient (Wildman–Crippen LogP) is 2.71. The molecular formula is C17H24N2O. The van der Waals surface area contributed by atoms with Crippen molar-refractivity contribution in [3.8, 4) is 0 Å². The first kappa shape index (κ1) is 13.6. The predicted molar refractivity (Wildman–Crippen MR) is 80.3 cm³/mol. The van der Waals surface area contributed by atoms with Crippen LogP contribution in [0.25, 0.3) is 0 Å². The van der Waals surface area contributed by atoms with Crippen LogP contribution in [0.15, 0.2) is 30.3 Å². The van der Waals surface area contributed by atoms with Gasteiger partial charge in [0.2, 0.25) is 5.91 Å². The molecule has 0 radical (unpaired) electrons. The molecule has 2 fully saturated rings. The van der Waals surface area contributed by atoms with E-state index in [-0.39, 0.29) is 5.54 Å². The Balaban J connectivity index is 1.78. The molecule has 0 bridgehead atoms. The maximum atomic E-state index is 13.0. The third-order valence-electron chi connectivity index (χ3n) is 4.70. The Bertz CT molecular complexity index is 461. The molecule has 1 unspecified atom stereocenters. The normalized spacial score (nSPS) is 25.6. The first-order valence-electron chi connectivity index (χ1n) is 7.85. The smallest absolute Gasteiger partial charge is 0.243 e. The highest BCUT2D eigenvalue weighted by Gasteiger charge is 2.45. The Hall–Kier alpha value is -1.35. The molecule has 1 N–H and O–H groups in total. The maximum Gasteiger partial charge on any atom is 0.243 e. The summed E-state index contributed by atoms with van der Waals surface area (Å²) in [6, 6.07) is 10.8. The van der Waals surface area contributed by atoms with E-state index in [2.05, 4.69) is 29.3 Å². The summed E-state index contributed by atoms with van der Waals surface area (Å²) in [7, 11) is 0. The lowest BCUT2D eigenvalue weighted by atomic mass is 9.92. The molecule has 1 atom stereocenters. The van der Waals surface area contributed by atoms with Crippen molar-refractivity contribution >= 4 is 5.91 Å². The summed E-state index contributed by atoms with van der Waals surface area (Å²) in [5.74, 6) is 0.323. The molecule has 1 aromatic rings. The van der Waals surface area contributed by atoms with Crippen LogP contribution in [0.4, 0.5) is 0 Å². The van der Waals surface area contributed by atoms with E-state index in [1.165, 1.54) is 18.4 Å². The second-order valence-corrected chi connectivity index (χ2v) is 6.12. The maximum absolute atomic E-state index is 13.0. The quantitative estimate of drug-likeness (QED) is 0.894. The lowest BCUT2D eigenvalue weighted by molar-refractivity contribution is -0.139. The molecule has 2 aliphatic rings. The number of carbonyl (C=O) groups is 1. The van der Waals surface area contributed by atoms with Crippen molar-refractivity contribution in [3.63, 3.8) is 0 Å². The minimum Gasteiger partial charge on any atom is -0.334 e. The van der Waals surface area contributed by atoms with Gasteiger partial charge in [-0.05, 0) is 44.2 Å². The first-order chi connectivity index (χ1) is 9.75. The van der Waals surface area contributed by atoms with Crippen LogP contribution >= 0.6 is 0 Å². The van der Waals surface area contributed by atoms with Gasteiger partial charge in [-0.1, -0.05) is 37.3 Å². The number of rotatable bonds is 5. The van der Waals surface area contributed by atoms with Crippen molar-refractivity contribution in [2.75, 3.05) is 6.54 Å². The third kappa shape index (κ3) is 2.59. The summed E-state index contributed by atoms with van der Waals surface area (Å²) in [5, 5.41) is 3.48. The summed E-state index contributed by atoms with van der Waals surface area (Å²) in [4.78, 5) is 15.2. The van der Waals surface area contributed by atoms with E-state index in [4.69, 9.17) is 0 Å². The van der Waals surface area contributed by atoms with Gasteiger partial charge in [0.1, 0.15) is 0 Å². The van der Waals surface area contributed by atoms with Crippen LogP contribution in [0.2, 0.25) is 0 Å². The Morgan fingerprint density at radius 2 is 2.10 bits per heavy atom. The molecule has 1 aromatic carbocycles. The van der Waals surface area contributed by atoms with Gasteiger partial charge in [-0.25, -0.2) is 0 Å². The number of nitrogens with one attached hydrogen (secondary N) is 1. The van der Waals surface area contributed by atoms with Gasteiger partial charge in [-0.2, -0.15) is 0 Å². The molecule has 108 valence electrons. The first-order valence-corrected chi connectivity index (χ1v) is 7.85. The number of hydrogen-bond donors (Lipinski definition) is 1. The fourth-order valence-electron chi connectivity index (χ4n) is 3.25. The van der Waals surface area contributed by atoms with Crippen LogP contribution in [0.3, 0.4) is 0 Å². The largest absolute Gasteiger partial charge is 0.334 e. The lowest BCUT2D eigenvalue weighted by Crippen LogP contribution is -2.54. The van der Waals surface area contributed by atoms with Gasteiger partial charge >= 0.3 is 0 Å². The summed E-state index contributed by atoms with van der Waals surface area (Å²) in [6.45, 7) is 3.86. The fraction of sp³-hybridized carbons (Fsp3) is 0.588. The van der Waals surface area contributed by atoms with Crippen molar-refractivity contribution in [1.29, 1.82) is 0 Å². The van der Waals surface area contributed by atoms with Crippen LogP contribution < -0.4 is 5.32 Å². The highest BCUT2D eigenvalue weighted by Crippen LogP contribution is 2.34. The zero-order valence-corrected chi connectivity index (χ0v) is 12.3. The molecule has 20 heavy (non-hydrogen) atoms. The van der Waals surface area contributed by atoms with Crippen molar-refractivity contribution < 1.29 is 4.79 Å². The SMILES string of the molecule is CCC1(C(=O)N(Cc2ccccc2)C2CC2)CCCN1. The molecule has 1 saturated heterocycles. The molecule has 1 aliphatic heterocycles. The van der Waals surface area contributed by atoms with Gasteiger partial charge in [0.25, 0.3) is 0 Å². The monoisotopic (exact) mass is 272 g/mol. The molecule has 0 aromatic heterocycles. The topological polar surface area (TPSA) is 32.3 Å². The summed E-state index contributed by atoms with van der Waals surface area (Å²) in [6.07, 6.45) is 5.32. The van der Waals surface area contributed by atoms with Gasteiger partial charge in [0.15, 0.2) is 0 Å². The molecule has 1 amide bonds. The van der Waals surface area contributed by atoms with E-state index < -0.39 is 0 Å². The summed E-state index contributed by atoms with van der Waals surface area (Å²) in [5.41, 5.74) is 0.939. The number of amides is 1. The lowest BCUT2D eigenvalue weighted by Gasteiger charge is -2.34. The molecule has 1 aliphatic carbocycles. The molecule has 3 nitrogen and oxygen atoms in total. The van der Waals surface area contributed by atoms with E-state index in [0.717, 1.165) is 32.4 Å². The minimum atomic E-state index is -0.294. The van der Waals surface area contributed by atoms with E-state index in [1.807, 2.05) is 18.2 Å². The highest BCUT2D eigenvalue weighted by atomic mass is 16.2. The van der Waals surface area contributed by atoms with E-state index >= 15 is 0 Å². The van der Waals surface area contributed by atoms with E-state index in [1.54, 1.807) is 0 Å². The van der Waals surface area contributed by atoms with Gasteiger partial charge in [-0.3, -0.25) is 4.79 Å². The van der Waals surface area contributed by atoms with Gasteiger partial charge in [-0.15, -0.1) is 0 Å². The zero-order valence-electron chi connectivity index (χ0n) is 12.3. The van der Waals surface area contributed by atoms with Crippen molar-refractivity contribution in [2.45, 2.75) is 57.2 Å². The Kier molecular flexibility index (Phi) is 3.79. The van der Waals surface area contributed by atoms with E-state index in [0.29, 0.717) is 11.9 Å². The van der Waals surface area contributed by atoms with Crippen LogP contribution in [-0.4, -0.2) is 28.9 Å². The number of benzene rings is 1. The van der Waals surface area contributed by atoms with Crippen LogP contribution in [0, 0.1) is 0 Å². The second-order valence-electron chi connectivity index (χ2n) is 6.12. The molecule has 0 spiro atoms. The fourth-order valence-corrected chi connectivity index (χ4v) is 3.25. The van der Waals surface area contributed by atoms with Gasteiger partial charge < -0.3 is 10.2 Å². The standard InChI is InChI=1S/C17H24N2O/c1-2-17(11-6-12-18-17)16(20)19(15-9-10-15)13-14-7-4-3-5-8-14/h3-5,7-8,15,18H,2,6,9-13H2,1H3. The molecule has 3 heteroatoms. The Morgan fingerprint density at radius 3 is 2.65 bits per heavy atom. The number of carbonyl (C=O) groups excluding carboxylic acids is 1. The van der Waals surface area contributed by atoms with Crippen LogP contribution in [0.1, 0.15) is 44.6 Å². The van der Waals surface area contributed by atoms with Crippen LogP contribution in [0.5, 0.6) is 0 Å². The summed E-state index contributed by atoms with van der Waals surface area (Å²) >= 11 is 0. The summed E-state index contributed by atoms with van der Waals surface area (Å²) < 4.78 is 0. The van der Waals surface area contributed by atoms with Crippen molar-refractivity contribution in [3.05, 3.63) is 35.9 Å². The minimum absolute atomic E-state index is 0.294. The average molecular weight is 272 g/mol. The van der Waals surface area contributed by atoms with Crippen molar-refractivity contribution in [2.24, 2.45) is 0 Å². The molecular weight excluding hydrogens is 248 g/mol. The molecule has 1 saturated carbocycles. The number of hydrogen-bond acceptors (Lipinski definition) is 2. The Morgan fingerprint density at radius 1 is 1.35 bits per heavy atom. The van der Waals surface area contributed by atoms with Gasteiger partial charge in [0.05, 0.1) is 5.54 Å². The molecule has 1 heterocycles. The highest BCUT2D eigenvalue weighted by molar-refractivity contribution is 5.87. The average Bonchev–Trinajstić information content (AvgIpc) is 3.22. The Labute approximate surface area is 121 Å².